The third-order valence-electron chi connectivity index (χ3n) is 7.93. The minimum absolute atomic E-state index is 0.0438. The zero-order valence-electron chi connectivity index (χ0n) is 23.6. The molecule has 0 fully saturated rings. The highest BCUT2D eigenvalue weighted by atomic mass is 16.1. The van der Waals surface area contributed by atoms with Gasteiger partial charge in [-0.2, -0.15) is 0 Å². The number of carbonyl (C=O) groups excluding carboxylic acids is 1. The van der Waals surface area contributed by atoms with Gasteiger partial charge < -0.3 is 5.32 Å². The zero-order chi connectivity index (χ0) is 26.4. The molecule has 0 aliphatic heterocycles. The van der Waals surface area contributed by atoms with Crippen molar-refractivity contribution in [3.8, 4) is 0 Å². The fourth-order valence-electron chi connectivity index (χ4n) is 5.41. The lowest BCUT2D eigenvalue weighted by atomic mass is 9.87. The van der Waals surface area contributed by atoms with E-state index in [-0.39, 0.29) is 11.8 Å². The third-order valence-corrected chi connectivity index (χ3v) is 7.93. The minimum atomic E-state index is 0.0438. The number of rotatable bonds is 9. The highest BCUT2D eigenvalue weighted by Crippen LogP contribution is 2.38. The first kappa shape index (κ1) is 27.7. The van der Waals surface area contributed by atoms with Gasteiger partial charge in [0.1, 0.15) is 0 Å². The quantitative estimate of drug-likeness (QED) is 0.242. The molecule has 1 N–H and O–H groups in total. The molecule has 192 valence electrons. The van der Waals surface area contributed by atoms with Crippen molar-refractivity contribution in [2.24, 2.45) is 5.92 Å². The maximum absolute atomic E-state index is 12.6. The molecule has 0 spiro atoms. The van der Waals surface area contributed by atoms with Gasteiger partial charge in [-0.1, -0.05) is 82.5 Å². The van der Waals surface area contributed by atoms with Crippen LogP contribution in [0, 0.1) is 5.92 Å². The molecule has 0 amide bonds. The average Bonchev–Trinajstić information content (AvgIpc) is 3.29. The Hall–Kier alpha value is -2.87. The largest absolute Gasteiger partial charge is 0.378 e. The fraction of sp³-hybridized carbons (Fsp3) is 0.441. The number of aryl methyl sites for hydroxylation is 2. The molecule has 1 aliphatic rings. The van der Waals surface area contributed by atoms with Gasteiger partial charge in [0.25, 0.3) is 0 Å². The highest BCUT2D eigenvalue weighted by molar-refractivity contribution is 6.15. The molecule has 2 heteroatoms. The van der Waals surface area contributed by atoms with Crippen molar-refractivity contribution < 1.29 is 4.79 Å². The number of fused-ring (bicyclic) bond motifs is 5. The summed E-state index contributed by atoms with van der Waals surface area (Å²) in [5.74, 6) is 1.05. The minimum Gasteiger partial charge on any atom is -0.378 e. The lowest BCUT2D eigenvalue weighted by Crippen LogP contribution is -2.18. The van der Waals surface area contributed by atoms with Gasteiger partial charge in [0.05, 0.1) is 6.04 Å². The first-order valence-corrected chi connectivity index (χ1v) is 13.9. The van der Waals surface area contributed by atoms with E-state index in [0.29, 0.717) is 6.42 Å². The normalized spacial score (nSPS) is 13.4. The molecule has 0 aromatic heterocycles. The smallest absolute Gasteiger partial charge is 0.163 e. The molecular formula is C34H45NO. The van der Waals surface area contributed by atoms with Gasteiger partial charge in [0.15, 0.2) is 5.78 Å². The molecule has 36 heavy (non-hydrogen) atoms. The average molecular weight is 484 g/mol. The van der Waals surface area contributed by atoms with Crippen LogP contribution in [0.2, 0.25) is 0 Å². The Morgan fingerprint density at radius 3 is 2.36 bits per heavy atom. The van der Waals surface area contributed by atoms with Crippen molar-refractivity contribution in [1.29, 1.82) is 0 Å². The first-order valence-electron chi connectivity index (χ1n) is 13.9. The van der Waals surface area contributed by atoms with Crippen LogP contribution >= 0.6 is 0 Å². The van der Waals surface area contributed by atoms with E-state index in [0.717, 1.165) is 24.3 Å². The predicted molar refractivity (Wildman–Crippen MR) is 158 cm³/mol. The lowest BCUT2D eigenvalue weighted by molar-refractivity contribution is 0.0994. The van der Waals surface area contributed by atoms with E-state index in [1.54, 1.807) is 0 Å². The summed E-state index contributed by atoms with van der Waals surface area (Å²) in [7, 11) is 0. The number of hydrogen-bond donors (Lipinski definition) is 1. The van der Waals surface area contributed by atoms with Gasteiger partial charge in [0.2, 0.25) is 0 Å². The molecule has 2 nitrogen and oxygen atoms in total. The van der Waals surface area contributed by atoms with Gasteiger partial charge in [-0.25, -0.2) is 0 Å². The number of ketones is 1. The summed E-state index contributed by atoms with van der Waals surface area (Å²) in [5, 5.41) is 8.77. The number of Topliss-reactive ketones (excluding diaryl/α,β-unsaturated/α-hetero) is 1. The van der Waals surface area contributed by atoms with Crippen molar-refractivity contribution >= 4 is 27.3 Å². The molecule has 3 aromatic carbocycles. The van der Waals surface area contributed by atoms with Crippen LogP contribution in [0.3, 0.4) is 0 Å². The SMILES string of the molecule is C=CC(NC(C)=C(C)C)c1ccc2cc(CCC(CC)CC)c3ccc4c(c3c2c1)CCC4=O.CC. The summed E-state index contributed by atoms with van der Waals surface area (Å²) in [5.41, 5.74) is 7.25. The van der Waals surface area contributed by atoms with Crippen LogP contribution in [0.5, 0.6) is 0 Å². The second-order valence-electron chi connectivity index (χ2n) is 10.2. The zero-order valence-corrected chi connectivity index (χ0v) is 23.6. The summed E-state index contributed by atoms with van der Waals surface area (Å²) >= 11 is 0. The standard InChI is InChI=1S/C32H39NO.C2H6/c1-7-22(8-2)10-11-23-18-24-12-13-25(30(9-3)33-21(6)20(4)5)19-29(24)32-26(23)14-15-27-28(32)16-17-31(27)34;1-2/h9,12-15,18-19,22,30,33H,3,7-8,10-11,16-17H2,1-2,4-6H3;1-2H3. The van der Waals surface area contributed by atoms with E-state index in [9.17, 15) is 4.79 Å². The number of benzene rings is 3. The van der Waals surface area contributed by atoms with Gasteiger partial charge >= 0.3 is 0 Å². The molecule has 0 bridgehead atoms. The van der Waals surface area contributed by atoms with Crippen molar-refractivity contribution in [2.45, 2.75) is 93.0 Å². The van der Waals surface area contributed by atoms with E-state index in [4.69, 9.17) is 0 Å². The third kappa shape index (κ3) is 5.59. The Bertz CT molecular complexity index is 1270. The predicted octanol–water partition coefficient (Wildman–Crippen LogP) is 9.65. The van der Waals surface area contributed by atoms with Crippen molar-refractivity contribution in [1.82, 2.24) is 5.32 Å². The topological polar surface area (TPSA) is 29.1 Å². The molecule has 0 radical (unpaired) electrons. The number of carbonyl (C=O) groups is 1. The van der Waals surface area contributed by atoms with Crippen LogP contribution in [0.1, 0.15) is 107 Å². The van der Waals surface area contributed by atoms with Gasteiger partial charge in [-0.3, -0.25) is 4.79 Å². The lowest BCUT2D eigenvalue weighted by Gasteiger charge is -2.20. The summed E-state index contributed by atoms with van der Waals surface area (Å²) in [4.78, 5) is 12.6. The Kier molecular flexibility index (Phi) is 9.54. The Morgan fingerprint density at radius 1 is 1.00 bits per heavy atom. The second-order valence-corrected chi connectivity index (χ2v) is 10.2. The fourth-order valence-corrected chi connectivity index (χ4v) is 5.41. The molecular weight excluding hydrogens is 438 g/mol. The van der Waals surface area contributed by atoms with E-state index in [2.05, 4.69) is 82.9 Å². The van der Waals surface area contributed by atoms with Gasteiger partial charge in [0, 0.05) is 17.7 Å². The Labute approximate surface area is 218 Å². The van der Waals surface area contributed by atoms with E-state index >= 15 is 0 Å². The summed E-state index contributed by atoms with van der Waals surface area (Å²) in [6.07, 6.45) is 8.22. The Morgan fingerprint density at radius 2 is 1.72 bits per heavy atom. The van der Waals surface area contributed by atoms with Crippen LogP contribution < -0.4 is 5.32 Å². The molecule has 0 saturated carbocycles. The monoisotopic (exact) mass is 483 g/mol. The second kappa shape index (κ2) is 12.4. The number of allylic oxidation sites excluding steroid dienone is 2. The van der Waals surface area contributed by atoms with Gasteiger partial charge in [-0.15, -0.1) is 6.58 Å². The van der Waals surface area contributed by atoms with Crippen LogP contribution in [-0.2, 0) is 12.8 Å². The van der Waals surface area contributed by atoms with E-state index in [1.165, 1.54) is 68.8 Å². The van der Waals surface area contributed by atoms with Crippen LogP contribution in [-0.4, -0.2) is 5.78 Å². The Balaban J connectivity index is 0.00000176. The molecule has 1 aliphatic carbocycles. The summed E-state index contributed by atoms with van der Waals surface area (Å²) in [6.45, 7) is 19.1. The molecule has 1 atom stereocenters. The molecule has 1 unspecified atom stereocenters. The van der Waals surface area contributed by atoms with E-state index in [1.807, 2.05) is 19.9 Å². The van der Waals surface area contributed by atoms with Crippen molar-refractivity contribution in [3.63, 3.8) is 0 Å². The van der Waals surface area contributed by atoms with Crippen LogP contribution in [0.4, 0.5) is 0 Å². The first-order chi connectivity index (χ1) is 17.4. The summed E-state index contributed by atoms with van der Waals surface area (Å²) in [6, 6.07) is 13.5. The maximum atomic E-state index is 12.6. The maximum Gasteiger partial charge on any atom is 0.163 e. The molecule has 3 aromatic rings. The van der Waals surface area contributed by atoms with Crippen molar-refractivity contribution in [3.05, 3.63) is 82.6 Å². The van der Waals surface area contributed by atoms with Gasteiger partial charge in [-0.05, 0) is 90.3 Å². The number of hydrogen-bond acceptors (Lipinski definition) is 2. The highest BCUT2D eigenvalue weighted by Gasteiger charge is 2.24. The molecule has 0 saturated heterocycles. The van der Waals surface area contributed by atoms with Crippen LogP contribution in [0.15, 0.2) is 60.3 Å². The summed E-state index contributed by atoms with van der Waals surface area (Å²) < 4.78 is 0. The van der Waals surface area contributed by atoms with Crippen LogP contribution in [0.25, 0.3) is 21.5 Å². The molecule has 0 heterocycles. The van der Waals surface area contributed by atoms with Crippen molar-refractivity contribution in [2.75, 3.05) is 0 Å². The molecule has 4 rings (SSSR count). The number of nitrogens with one attached hydrogen (secondary N) is 1. The van der Waals surface area contributed by atoms with E-state index < -0.39 is 0 Å².